The molecular weight excluding hydrogens is 308 g/mol. The van der Waals surface area contributed by atoms with E-state index in [4.69, 9.17) is 0 Å². The highest BCUT2D eigenvalue weighted by Gasteiger charge is 2.36. The first-order chi connectivity index (χ1) is 11.1. The zero-order valence-electron chi connectivity index (χ0n) is 15.4. The molecule has 1 atom stereocenters. The number of amides is 3. The van der Waals surface area contributed by atoms with E-state index in [-0.39, 0.29) is 35.4 Å². The molecule has 1 fully saturated rings. The van der Waals surface area contributed by atoms with Crippen LogP contribution >= 0.6 is 0 Å². The van der Waals surface area contributed by atoms with Gasteiger partial charge in [0.1, 0.15) is 5.82 Å². The molecular formula is C16H28N6O2. The topological polar surface area (TPSA) is 92.2 Å². The fourth-order valence-corrected chi connectivity index (χ4v) is 2.89. The zero-order valence-corrected chi connectivity index (χ0v) is 15.4. The Labute approximate surface area is 143 Å². The van der Waals surface area contributed by atoms with E-state index in [1.165, 1.54) is 0 Å². The van der Waals surface area contributed by atoms with Crippen molar-refractivity contribution in [2.75, 3.05) is 18.4 Å². The van der Waals surface area contributed by atoms with E-state index in [1.54, 1.807) is 4.68 Å². The van der Waals surface area contributed by atoms with Crippen LogP contribution < -0.4 is 10.6 Å². The van der Waals surface area contributed by atoms with E-state index in [9.17, 15) is 9.59 Å². The van der Waals surface area contributed by atoms with Gasteiger partial charge >= 0.3 is 6.03 Å². The molecule has 0 unspecified atom stereocenters. The molecule has 24 heavy (non-hydrogen) atoms. The van der Waals surface area contributed by atoms with Crippen molar-refractivity contribution in [2.45, 2.75) is 59.5 Å². The van der Waals surface area contributed by atoms with Crippen LogP contribution in [-0.2, 0) is 4.79 Å². The number of anilines is 1. The Kier molecular flexibility index (Phi) is 5.15. The van der Waals surface area contributed by atoms with Crippen molar-refractivity contribution < 1.29 is 9.59 Å². The van der Waals surface area contributed by atoms with Gasteiger partial charge in [-0.25, -0.2) is 9.48 Å². The monoisotopic (exact) mass is 336 g/mol. The van der Waals surface area contributed by atoms with Crippen molar-refractivity contribution in [2.24, 2.45) is 5.92 Å². The summed E-state index contributed by atoms with van der Waals surface area (Å²) in [6.45, 7) is 13.0. The van der Waals surface area contributed by atoms with Gasteiger partial charge < -0.3 is 10.2 Å². The predicted molar refractivity (Wildman–Crippen MR) is 91.7 cm³/mol. The SMILES string of the molecule is Cc1nc(NC(=O)NC[C@@H]2CC(=O)N(C(C)(C)C)C2)nn1C(C)C. The van der Waals surface area contributed by atoms with Gasteiger partial charge in [0.25, 0.3) is 0 Å². The van der Waals surface area contributed by atoms with Crippen molar-refractivity contribution in [3.05, 3.63) is 5.82 Å². The fraction of sp³-hybridized carbons (Fsp3) is 0.750. The average Bonchev–Trinajstić information content (AvgIpc) is 2.99. The Morgan fingerprint density at radius 3 is 2.54 bits per heavy atom. The van der Waals surface area contributed by atoms with Crippen molar-refractivity contribution in [3.63, 3.8) is 0 Å². The summed E-state index contributed by atoms with van der Waals surface area (Å²) in [6, 6.07) is -0.165. The third kappa shape index (κ3) is 4.24. The van der Waals surface area contributed by atoms with Gasteiger partial charge in [-0.15, -0.1) is 5.10 Å². The van der Waals surface area contributed by atoms with E-state index >= 15 is 0 Å². The van der Waals surface area contributed by atoms with E-state index in [0.29, 0.717) is 19.5 Å². The second-order valence-corrected chi connectivity index (χ2v) is 7.60. The largest absolute Gasteiger partial charge is 0.337 e. The van der Waals surface area contributed by atoms with Crippen LogP contribution in [0.15, 0.2) is 0 Å². The first-order valence-electron chi connectivity index (χ1n) is 8.36. The van der Waals surface area contributed by atoms with Gasteiger partial charge in [0.15, 0.2) is 0 Å². The molecule has 0 radical (unpaired) electrons. The molecule has 2 heterocycles. The van der Waals surface area contributed by atoms with Crippen LogP contribution in [0.1, 0.15) is 52.9 Å². The van der Waals surface area contributed by atoms with Crippen molar-refractivity contribution >= 4 is 17.9 Å². The highest BCUT2D eigenvalue weighted by molar-refractivity contribution is 5.87. The van der Waals surface area contributed by atoms with Crippen LogP contribution in [0.25, 0.3) is 0 Å². The second-order valence-electron chi connectivity index (χ2n) is 7.60. The number of hydrogen-bond acceptors (Lipinski definition) is 4. The minimum atomic E-state index is -0.349. The Morgan fingerprint density at radius 1 is 1.38 bits per heavy atom. The quantitative estimate of drug-likeness (QED) is 0.879. The third-order valence-corrected chi connectivity index (χ3v) is 4.08. The Bertz CT molecular complexity index is 617. The number of carbonyl (C=O) groups is 2. The molecule has 0 aliphatic carbocycles. The summed E-state index contributed by atoms with van der Waals surface area (Å²) in [6.07, 6.45) is 0.469. The average molecular weight is 336 g/mol. The van der Waals surface area contributed by atoms with Gasteiger partial charge in [-0.2, -0.15) is 4.98 Å². The van der Waals surface area contributed by atoms with E-state index < -0.39 is 0 Å². The maximum Gasteiger partial charge on any atom is 0.321 e. The summed E-state index contributed by atoms with van der Waals surface area (Å²) < 4.78 is 1.76. The van der Waals surface area contributed by atoms with E-state index in [0.717, 1.165) is 5.82 Å². The van der Waals surface area contributed by atoms with Crippen molar-refractivity contribution in [1.29, 1.82) is 0 Å². The normalized spacial score (nSPS) is 18.4. The molecule has 0 saturated carbocycles. The number of likely N-dealkylation sites (tertiary alicyclic amines) is 1. The van der Waals surface area contributed by atoms with E-state index in [2.05, 4.69) is 20.7 Å². The molecule has 1 aromatic heterocycles. The van der Waals surface area contributed by atoms with Gasteiger partial charge in [0.2, 0.25) is 11.9 Å². The molecule has 1 aliphatic heterocycles. The van der Waals surface area contributed by atoms with Crippen LogP contribution in [-0.4, -0.2) is 50.2 Å². The molecule has 2 rings (SSSR count). The first kappa shape index (κ1) is 18.2. The highest BCUT2D eigenvalue weighted by Crippen LogP contribution is 2.25. The summed E-state index contributed by atoms with van der Waals surface area (Å²) in [5, 5.41) is 9.71. The molecule has 3 amide bonds. The highest BCUT2D eigenvalue weighted by atomic mass is 16.2. The van der Waals surface area contributed by atoms with Crippen LogP contribution in [0.2, 0.25) is 0 Å². The molecule has 8 nitrogen and oxygen atoms in total. The van der Waals surface area contributed by atoms with Crippen LogP contribution in [0.4, 0.5) is 10.7 Å². The maximum atomic E-state index is 12.0. The first-order valence-corrected chi connectivity index (χ1v) is 8.36. The number of hydrogen-bond donors (Lipinski definition) is 2. The van der Waals surface area contributed by atoms with Gasteiger partial charge in [0, 0.05) is 37.0 Å². The summed E-state index contributed by atoms with van der Waals surface area (Å²) in [7, 11) is 0. The van der Waals surface area contributed by atoms with Gasteiger partial charge in [-0.05, 0) is 41.5 Å². The molecule has 1 aliphatic rings. The standard InChI is InChI=1S/C16H28N6O2/c1-10(2)22-11(3)18-14(20-22)19-15(24)17-8-12-7-13(23)21(9-12)16(4,5)6/h10,12H,7-9H2,1-6H3,(H2,17,19,20,24)/t12-/m0/s1. The van der Waals surface area contributed by atoms with Crippen LogP contribution in [0.5, 0.6) is 0 Å². The lowest BCUT2D eigenvalue weighted by Gasteiger charge is -2.32. The molecule has 1 aromatic rings. The predicted octanol–water partition coefficient (Wildman–Crippen LogP) is 1.94. The molecule has 8 heteroatoms. The number of urea groups is 1. The number of nitrogens with one attached hydrogen (secondary N) is 2. The Hall–Kier alpha value is -2.12. The number of aryl methyl sites for hydroxylation is 1. The lowest BCUT2D eigenvalue weighted by molar-refractivity contribution is -0.131. The van der Waals surface area contributed by atoms with Gasteiger partial charge in [-0.1, -0.05) is 0 Å². The molecule has 134 valence electrons. The third-order valence-electron chi connectivity index (χ3n) is 4.08. The lowest BCUT2D eigenvalue weighted by Crippen LogP contribution is -2.43. The summed E-state index contributed by atoms with van der Waals surface area (Å²) >= 11 is 0. The Balaban J connectivity index is 1.84. The maximum absolute atomic E-state index is 12.0. The fourth-order valence-electron chi connectivity index (χ4n) is 2.89. The zero-order chi connectivity index (χ0) is 18.1. The van der Waals surface area contributed by atoms with Gasteiger partial charge in [0.05, 0.1) is 0 Å². The molecule has 0 spiro atoms. The summed E-state index contributed by atoms with van der Waals surface area (Å²) in [5.74, 6) is 1.31. The molecule has 2 N–H and O–H groups in total. The number of nitrogens with zero attached hydrogens (tertiary/aromatic N) is 4. The number of rotatable bonds is 4. The van der Waals surface area contributed by atoms with Crippen molar-refractivity contribution in [3.8, 4) is 0 Å². The molecule has 0 bridgehead atoms. The van der Waals surface area contributed by atoms with E-state index in [1.807, 2.05) is 46.4 Å². The minimum Gasteiger partial charge on any atom is -0.337 e. The number of carbonyl (C=O) groups excluding carboxylic acids is 2. The Morgan fingerprint density at radius 2 is 2.04 bits per heavy atom. The number of aromatic nitrogens is 3. The van der Waals surface area contributed by atoms with Gasteiger partial charge in [-0.3, -0.25) is 10.1 Å². The van der Waals surface area contributed by atoms with Crippen molar-refractivity contribution in [1.82, 2.24) is 25.0 Å². The smallest absolute Gasteiger partial charge is 0.321 e. The minimum absolute atomic E-state index is 0.130. The molecule has 0 aromatic carbocycles. The molecule has 1 saturated heterocycles. The lowest BCUT2D eigenvalue weighted by atomic mass is 10.1. The second kappa shape index (κ2) is 6.78. The summed E-state index contributed by atoms with van der Waals surface area (Å²) in [4.78, 5) is 30.1. The van der Waals surface area contributed by atoms with Crippen LogP contribution in [0, 0.1) is 12.8 Å². The summed E-state index contributed by atoms with van der Waals surface area (Å²) in [5.41, 5.74) is -0.181. The van der Waals surface area contributed by atoms with Crippen LogP contribution in [0.3, 0.4) is 0 Å².